The zero-order chi connectivity index (χ0) is 18.7. The van der Waals surface area contributed by atoms with Crippen molar-refractivity contribution in [1.82, 2.24) is 4.90 Å². The molecule has 0 spiro atoms. The van der Waals surface area contributed by atoms with E-state index in [2.05, 4.69) is 0 Å². The van der Waals surface area contributed by atoms with E-state index in [1.54, 1.807) is 12.0 Å². The number of hydrogen-bond donors (Lipinski definition) is 0. The van der Waals surface area contributed by atoms with E-state index in [1.807, 2.05) is 65.0 Å². The van der Waals surface area contributed by atoms with Crippen LogP contribution in [0.5, 0.6) is 0 Å². The second kappa shape index (κ2) is 7.72. The van der Waals surface area contributed by atoms with Crippen LogP contribution >= 0.6 is 0 Å². The Morgan fingerprint density at radius 3 is 2.52 bits per heavy atom. The van der Waals surface area contributed by atoms with Crippen molar-refractivity contribution in [3.63, 3.8) is 0 Å². The van der Waals surface area contributed by atoms with Gasteiger partial charge >= 0.3 is 6.09 Å². The molecule has 25 heavy (non-hydrogen) atoms. The van der Waals surface area contributed by atoms with Crippen LogP contribution in [-0.4, -0.2) is 48.9 Å². The minimum absolute atomic E-state index is 0.124. The number of nitrogens with zero attached hydrogens (tertiary/aromatic N) is 1. The van der Waals surface area contributed by atoms with Crippen molar-refractivity contribution in [3.8, 4) is 0 Å². The van der Waals surface area contributed by atoms with Crippen molar-refractivity contribution in [2.45, 2.75) is 58.1 Å². The number of ether oxygens (including phenoxy) is 4. The monoisotopic (exact) mass is 351 g/mol. The van der Waals surface area contributed by atoms with Crippen molar-refractivity contribution in [2.24, 2.45) is 0 Å². The Labute approximate surface area is 150 Å². The lowest BCUT2D eigenvalue weighted by Gasteiger charge is -2.37. The highest BCUT2D eigenvalue weighted by Gasteiger charge is 2.49. The summed E-state index contributed by atoms with van der Waals surface area (Å²) >= 11 is 0. The molecular weight excluding hydrogens is 322 g/mol. The lowest BCUT2D eigenvalue weighted by atomic mass is 10.0. The van der Waals surface area contributed by atoms with E-state index in [9.17, 15) is 4.79 Å². The van der Waals surface area contributed by atoms with Gasteiger partial charge in [0.2, 0.25) is 0 Å². The maximum absolute atomic E-state index is 12.8. The Morgan fingerprint density at radius 2 is 1.96 bits per heavy atom. The van der Waals surface area contributed by atoms with Crippen LogP contribution in [0.4, 0.5) is 4.79 Å². The van der Waals surface area contributed by atoms with E-state index < -0.39 is 17.4 Å². The van der Waals surface area contributed by atoms with Gasteiger partial charge in [0.25, 0.3) is 0 Å². The van der Waals surface area contributed by atoms with Gasteiger partial charge in [-0.2, -0.15) is 0 Å². The Kier molecular flexibility index (Phi) is 6.08. The van der Waals surface area contributed by atoms with Crippen LogP contribution in [0.1, 0.15) is 46.3 Å². The van der Waals surface area contributed by atoms with Crippen LogP contribution in [0.2, 0.25) is 0 Å². The number of carbonyl (C=O) groups excluding carboxylic acids is 1. The van der Waals surface area contributed by atoms with Crippen LogP contribution in [0.15, 0.2) is 30.3 Å². The van der Waals surface area contributed by atoms with Gasteiger partial charge in [-0.05, 0) is 40.2 Å². The SMILES string of the molecule is COCOC(c1ccccc1)[C@@H]1COC(C)(C)N1C(=O)OC(C)(C)C. The largest absolute Gasteiger partial charge is 0.444 e. The molecule has 1 fully saturated rings. The summed E-state index contributed by atoms with van der Waals surface area (Å²) < 4.78 is 22.5. The lowest BCUT2D eigenvalue weighted by molar-refractivity contribution is -0.105. The van der Waals surface area contributed by atoms with Crippen molar-refractivity contribution < 1.29 is 23.7 Å². The topological polar surface area (TPSA) is 57.2 Å². The fourth-order valence-corrected chi connectivity index (χ4v) is 2.94. The highest BCUT2D eigenvalue weighted by atomic mass is 16.7. The van der Waals surface area contributed by atoms with Crippen LogP contribution in [0.3, 0.4) is 0 Å². The molecule has 0 saturated carbocycles. The van der Waals surface area contributed by atoms with Crippen LogP contribution in [-0.2, 0) is 18.9 Å². The summed E-state index contributed by atoms with van der Waals surface area (Å²) in [5, 5.41) is 0. The number of hydrogen-bond acceptors (Lipinski definition) is 5. The standard InChI is InChI=1S/C19H29NO5/c1-18(2,3)25-17(21)20-15(12-24-19(20,4)5)16(23-13-22-6)14-10-8-7-9-11-14/h7-11,15-16H,12-13H2,1-6H3/t15-,16?/m0/s1. The molecule has 2 atom stereocenters. The first-order chi connectivity index (χ1) is 11.7. The summed E-state index contributed by atoms with van der Waals surface area (Å²) in [6.45, 7) is 9.73. The molecule has 6 heteroatoms. The average Bonchev–Trinajstić information content (AvgIpc) is 2.82. The fourth-order valence-electron chi connectivity index (χ4n) is 2.94. The van der Waals surface area contributed by atoms with Crippen molar-refractivity contribution in [2.75, 3.05) is 20.5 Å². The number of rotatable bonds is 5. The lowest BCUT2D eigenvalue weighted by Crippen LogP contribution is -2.51. The third kappa shape index (κ3) is 4.93. The summed E-state index contributed by atoms with van der Waals surface area (Å²) in [6.07, 6.45) is -0.794. The Balaban J connectivity index is 2.32. The summed E-state index contributed by atoms with van der Waals surface area (Å²) in [5.41, 5.74) is -0.411. The first-order valence-corrected chi connectivity index (χ1v) is 8.47. The molecule has 1 unspecified atom stereocenters. The van der Waals surface area contributed by atoms with Gasteiger partial charge < -0.3 is 18.9 Å². The van der Waals surface area contributed by atoms with Gasteiger partial charge in [-0.3, -0.25) is 4.90 Å². The molecule has 6 nitrogen and oxygen atoms in total. The van der Waals surface area contributed by atoms with E-state index >= 15 is 0 Å². The zero-order valence-electron chi connectivity index (χ0n) is 15.9. The van der Waals surface area contributed by atoms with E-state index in [4.69, 9.17) is 18.9 Å². The average molecular weight is 351 g/mol. The molecule has 1 aromatic rings. The molecule has 140 valence electrons. The zero-order valence-corrected chi connectivity index (χ0v) is 15.9. The number of carbonyl (C=O) groups is 1. The predicted molar refractivity (Wildman–Crippen MR) is 94.0 cm³/mol. The van der Waals surface area contributed by atoms with E-state index in [0.717, 1.165) is 5.56 Å². The molecule has 0 N–H and O–H groups in total. The first kappa shape index (κ1) is 19.7. The van der Waals surface area contributed by atoms with Crippen LogP contribution in [0.25, 0.3) is 0 Å². The molecule has 1 aliphatic heterocycles. The van der Waals surface area contributed by atoms with E-state index in [0.29, 0.717) is 6.61 Å². The molecule has 0 aromatic heterocycles. The summed E-state index contributed by atoms with van der Waals surface area (Å²) in [7, 11) is 1.57. The Morgan fingerprint density at radius 1 is 1.32 bits per heavy atom. The van der Waals surface area contributed by atoms with Gasteiger partial charge in [0.05, 0.1) is 12.6 Å². The molecule has 1 aliphatic rings. The van der Waals surface area contributed by atoms with Gasteiger partial charge in [0.15, 0.2) is 0 Å². The van der Waals surface area contributed by atoms with Gasteiger partial charge in [-0.25, -0.2) is 4.79 Å². The second-order valence-electron chi connectivity index (χ2n) is 7.58. The number of methoxy groups -OCH3 is 1. The Hall–Kier alpha value is -1.63. The third-order valence-corrected chi connectivity index (χ3v) is 3.95. The van der Waals surface area contributed by atoms with Gasteiger partial charge in [-0.15, -0.1) is 0 Å². The molecule has 0 aliphatic carbocycles. The minimum atomic E-state index is -0.781. The second-order valence-corrected chi connectivity index (χ2v) is 7.58. The minimum Gasteiger partial charge on any atom is -0.444 e. The highest BCUT2D eigenvalue weighted by Crippen LogP contribution is 2.37. The van der Waals surface area contributed by atoms with Crippen LogP contribution < -0.4 is 0 Å². The van der Waals surface area contributed by atoms with Gasteiger partial charge in [-0.1, -0.05) is 30.3 Å². The molecule has 2 rings (SSSR count). The summed E-state index contributed by atoms with van der Waals surface area (Å²) in [4.78, 5) is 14.5. The quantitative estimate of drug-likeness (QED) is 0.757. The van der Waals surface area contributed by atoms with E-state index in [1.165, 1.54) is 0 Å². The maximum Gasteiger partial charge on any atom is 0.413 e. The first-order valence-electron chi connectivity index (χ1n) is 8.47. The molecular formula is C19H29NO5. The van der Waals surface area contributed by atoms with Crippen LogP contribution in [0, 0.1) is 0 Å². The molecule has 1 saturated heterocycles. The summed E-state index contributed by atoms with van der Waals surface area (Å²) in [5.74, 6) is 0. The number of amides is 1. The molecule has 0 radical (unpaired) electrons. The van der Waals surface area contributed by atoms with Crippen molar-refractivity contribution in [1.29, 1.82) is 0 Å². The summed E-state index contributed by atoms with van der Waals surface area (Å²) in [6, 6.07) is 9.45. The molecule has 1 amide bonds. The van der Waals surface area contributed by atoms with Gasteiger partial charge in [0, 0.05) is 7.11 Å². The predicted octanol–water partition coefficient (Wildman–Crippen LogP) is 3.72. The molecule has 1 heterocycles. The normalized spacial score (nSPS) is 21.2. The number of benzene rings is 1. The van der Waals surface area contributed by atoms with E-state index in [-0.39, 0.29) is 18.9 Å². The molecule has 0 bridgehead atoms. The highest BCUT2D eigenvalue weighted by molar-refractivity contribution is 5.70. The molecule has 1 aromatic carbocycles. The van der Waals surface area contributed by atoms with Crippen molar-refractivity contribution >= 4 is 6.09 Å². The maximum atomic E-state index is 12.8. The third-order valence-electron chi connectivity index (χ3n) is 3.95. The fraction of sp³-hybridized carbons (Fsp3) is 0.632. The van der Waals surface area contributed by atoms with Crippen molar-refractivity contribution in [3.05, 3.63) is 35.9 Å². The van der Waals surface area contributed by atoms with Gasteiger partial charge in [0.1, 0.15) is 24.2 Å². The Bertz CT molecular complexity index is 567. The smallest absolute Gasteiger partial charge is 0.413 e.